The van der Waals surface area contributed by atoms with Crippen molar-refractivity contribution in [1.29, 1.82) is 0 Å². The van der Waals surface area contributed by atoms with Crippen molar-refractivity contribution in [3.63, 3.8) is 0 Å². The lowest BCUT2D eigenvalue weighted by Gasteiger charge is -2.10. The van der Waals surface area contributed by atoms with Crippen LogP contribution in [0.1, 0.15) is 32.0 Å². The first-order chi connectivity index (χ1) is 10.5. The van der Waals surface area contributed by atoms with E-state index in [0.717, 1.165) is 27.7 Å². The molecule has 2 rings (SSSR count). The number of hydrogen-bond donors (Lipinski definition) is 0. The molecule has 0 saturated heterocycles. The third kappa shape index (κ3) is 4.55. The summed E-state index contributed by atoms with van der Waals surface area (Å²) in [6.45, 7) is 6.55. The van der Waals surface area contributed by atoms with Crippen molar-refractivity contribution in [3.05, 3.63) is 39.9 Å². The first kappa shape index (κ1) is 17.0. The number of ether oxygens (including phenoxy) is 1. The van der Waals surface area contributed by atoms with Crippen LogP contribution in [0.2, 0.25) is 5.02 Å². The molecule has 118 valence electrons. The number of benzene rings is 1. The van der Waals surface area contributed by atoms with Gasteiger partial charge in [0.25, 0.3) is 0 Å². The van der Waals surface area contributed by atoms with Crippen LogP contribution in [-0.2, 0) is 22.4 Å². The fourth-order valence-electron chi connectivity index (χ4n) is 2.25. The zero-order valence-corrected chi connectivity index (χ0v) is 14.6. The highest BCUT2D eigenvalue weighted by atomic mass is 35.5. The standard InChI is InChI=1S/C17H20ClNO2S/c1-4-21-16(20)9-14-10-22-17(19-14)15-6-5-13(18)8-12(15)7-11(2)3/h5-6,8,10-11H,4,7,9H2,1-3H3. The number of esters is 1. The Hall–Kier alpha value is -1.39. The van der Waals surface area contributed by atoms with Gasteiger partial charge in [-0.05, 0) is 37.0 Å². The second-order valence-electron chi connectivity index (χ2n) is 5.53. The molecule has 1 aromatic carbocycles. The van der Waals surface area contributed by atoms with Crippen LogP contribution in [0.5, 0.6) is 0 Å². The van der Waals surface area contributed by atoms with Crippen LogP contribution in [0.25, 0.3) is 10.6 Å². The molecule has 0 aliphatic heterocycles. The van der Waals surface area contributed by atoms with Gasteiger partial charge in [-0.2, -0.15) is 0 Å². The molecule has 0 aliphatic carbocycles. The monoisotopic (exact) mass is 337 g/mol. The fourth-order valence-corrected chi connectivity index (χ4v) is 3.33. The lowest BCUT2D eigenvalue weighted by atomic mass is 9.98. The molecular formula is C17H20ClNO2S. The quantitative estimate of drug-likeness (QED) is 0.713. The number of thiazole rings is 1. The second kappa shape index (κ2) is 7.75. The Kier molecular flexibility index (Phi) is 5.98. The van der Waals surface area contributed by atoms with E-state index in [-0.39, 0.29) is 12.4 Å². The first-order valence-corrected chi connectivity index (χ1v) is 8.64. The van der Waals surface area contributed by atoms with Crippen molar-refractivity contribution >= 4 is 28.9 Å². The number of rotatable bonds is 6. The van der Waals surface area contributed by atoms with Gasteiger partial charge in [0.2, 0.25) is 0 Å². The summed E-state index contributed by atoms with van der Waals surface area (Å²) in [5.41, 5.74) is 3.04. The molecule has 5 heteroatoms. The number of aromatic nitrogens is 1. The largest absolute Gasteiger partial charge is 0.466 e. The van der Waals surface area contributed by atoms with Gasteiger partial charge in [0.05, 0.1) is 18.7 Å². The van der Waals surface area contributed by atoms with Crippen LogP contribution in [0.15, 0.2) is 23.6 Å². The maximum Gasteiger partial charge on any atom is 0.311 e. The predicted molar refractivity (Wildman–Crippen MR) is 91.4 cm³/mol. The third-order valence-corrected chi connectivity index (χ3v) is 4.27. The van der Waals surface area contributed by atoms with Gasteiger partial charge < -0.3 is 4.74 Å². The minimum Gasteiger partial charge on any atom is -0.466 e. The molecule has 3 nitrogen and oxygen atoms in total. The van der Waals surface area contributed by atoms with Crippen molar-refractivity contribution in [2.75, 3.05) is 6.61 Å². The van der Waals surface area contributed by atoms with Crippen molar-refractivity contribution in [3.8, 4) is 10.6 Å². The Morgan fingerprint density at radius 1 is 1.41 bits per heavy atom. The molecule has 0 bridgehead atoms. The molecular weight excluding hydrogens is 318 g/mol. The van der Waals surface area contributed by atoms with Crippen LogP contribution < -0.4 is 0 Å². The highest BCUT2D eigenvalue weighted by molar-refractivity contribution is 7.13. The van der Waals surface area contributed by atoms with Gasteiger partial charge in [-0.15, -0.1) is 11.3 Å². The Morgan fingerprint density at radius 2 is 2.18 bits per heavy atom. The Morgan fingerprint density at radius 3 is 2.86 bits per heavy atom. The fraction of sp³-hybridized carbons (Fsp3) is 0.412. The van der Waals surface area contributed by atoms with E-state index in [9.17, 15) is 4.79 Å². The predicted octanol–water partition coefficient (Wildman–Crippen LogP) is 4.77. The maximum absolute atomic E-state index is 11.5. The number of halogens is 1. The second-order valence-corrected chi connectivity index (χ2v) is 6.82. The van der Waals surface area contributed by atoms with Crippen molar-refractivity contribution in [1.82, 2.24) is 4.98 Å². The van der Waals surface area contributed by atoms with Crippen LogP contribution in [-0.4, -0.2) is 17.6 Å². The Bertz CT molecular complexity index is 652. The molecule has 0 amide bonds. The maximum atomic E-state index is 11.5. The van der Waals surface area contributed by atoms with Crippen LogP contribution in [0.3, 0.4) is 0 Å². The molecule has 0 atom stereocenters. The molecule has 0 unspecified atom stereocenters. The zero-order valence-electron chi connectivity index (χ0n) is 13.1. The van der Waals surface area contributed by atoms with E-state index in [1.807, 2.05) is 23.6 Å². The first-order valence-electron chi connectivity index (χ1n) is 7.38. The molecule has 0 radical (unpaired) electrons. The number of hydrogen-bond acceptors (Lipinski definition) is 4. The van der Waals surface area contributed by atoms with Gasteiger partial charge in [-0.25, -0.2) is 4.98 Å². The smallest absolute Gasteiger partial charge is 0.311 e. The SMILES string of the molecule is CCOC(=O)Cc1csc(-c2ccc(Cl)cc2CC(C)C)n1. The van der Waals surface area contributed by atoms with Gasteiger partial charge in [-0.1, -0.05) is 31.5 Å². The Balaban J connectivity index is 2.25. The molecule has 0 fully saturated rings. The van der Waals surface area contributed by atoms with Gasteiger partial charge in [0, 0.05) is 16.0 Å². The molecule has 0 spiro atoms. The summed E-state index contributed by atoms with van der Waals surface area (Å²) in [5, 5.41) is 3.58. The molecule has 2 aromatic rings. The van der Waals surface area contributed by atoms with Gasteiger partial charge in [0.1, 0.15) is 5.01 Å². The van der Waals surface area contributed by atoms with Gasteiger partial charge >= 0.3 is 5.97 Å². The third-order valence-electron chi connectivity index (χ3n) is 3.11. The lowest BCUT2D eigenvalue weighted by Crippen LogP contribution is -2.07. The van der Waals surface area contributed by atoms with Crippen LogP contribution in [0, 0.1) is 5.92 Å². The minimum absolute atomic E-state index is 0.220. The summed E-state index contributed by atoms with van der Waals surface area (Å²) in [7, 11) is 0. The number of nitrogens with zero attached hydrogens (tertiary/aromatic N) is 1. The number of carbonyl (C=O) groups is 1. The van der Waals surface area contributed by atoms with E-state index in [0.29, 0.717) is 12.5 Å². The molecule has 1 heterocycles. The highest BCUT2D eigenvalue weighted by Gasteiger charge is 2.13. The van der Waals surface area contributed by atoms with Crippen molar-refractivity contribution < 1.29 is 9.53 Å². The zero-order chi connectivity index (χ0) is 16.1. The summed E-state index contributed by atoms with van der Waals surface area (Å²) >= 11 is 7.67. The topological polar surface area (TPSA) is 39.2 Å². The van der Waals surface area contributed by atoms with E-state index in [1.54, 1.807) is 18.3 Å². The summed E-state index contributed by atoms with van der Waals surface area (Å²) in [6, 6.07) is 5.89. The van der Waals surface area contributed by atoms with E-state index in [2.05, 4.69) is 18.8 Å². The average molecular weight is 338 g/mol. The van der Waals surface area contributed by atoms with E-state index >= 15 is 0 Å². The highest BCUT2D eigenvalue weighted by Crippen LogP contribution is 2.31. The van der Waals surface area contributed by atoms with E-state index in [4.69, 9.17) is 16.3 Å². The van der Waals surface area contributed by atoms with Gasteiger partial charge in [-0.3, -0.25) is 4.79 Å². The molecule has 1 aromatic heterocycles. The summed E-state index contributed by atoms with van der Waals surface area (Å²) in [5.74, 6) is 0.300. The molecule has 0 N–H and O–H groups in total. The van der Waals surface area contributed by atoms with Gasteiger partial charge in [0.15, 0.2) is 0 Å². The Labute approximate surface area is 140 Å². The van der Waals surface area contributed by atoms with Crippen LogP contribution in [0.4, 0.5) is 0 Å². The van der Waals surface area contributed by atoms with Crippen molar-refractivity contribution in [2.45, 2.75) is 33.6 Å². The van der Waals surface area contributed by atoms with E-state index in [1.165, 1.54) is 5.56 Å². The molecule has 0 aliphatic rings. The van der Waals surface area contributed by atoms with E-state index < -0.39 is 0 Å². The molecule has 22 heavy (non-hydrogen) atoms. The summed E-state index contributed by atoms with van der Waals surface area (Å²) in [6.07, 6.45) is 1.17. The average Bonchev–Trinajstić information content (AvgIpc) is 2.86. The number of carbonyl (C=O) groups excluding carboxylic acids is 1. The normalized spacial score (nSPS) is 11.0. The summed E-state index contributed by atoms with van der Waals surface area (Å²) in [4.78, 5) is 16.1. The van der Waals surface area contributed by atoms with Crippen LogP contribution >= 0.6 is 22.9 Å². The summed E-state index contributed by atoms with van der Waals surface area (Å²) < 4.78 is 4.96. The minimum atomic E-state index is -0.238. The molecule has 0 saturated carbocycles. The van der Waals surface area contributed by atoms with Crippen molar-refractivity contribution in [2.24, 2.45) is 5.92 Å². The lowest BCUT2D eigenvalue weighted by molar-refractivity contribution is -0.142.